The van der Waals surface area contributed by atoms with Gasteiger partial charge in [-0.2, -0.15) is 4.31 Å². The maximum Gasteiger partial charge on any atom is 0.255 e. The molecule has 1 aromatic heterocycles. The molecular formula is C17H19N3O3S. The SMILES string of the molecule is Cc1ccccc1S(=O)(=O)N1CCN(C(=O)c2cccnc2)CC1. The molecule has 126 valence electrons. The van der Waals surface area contributed by atoms with Gasteiger partial charge in [-0.25, -0.2) is 8.42 Å². The Bertz CT molecular complexity index is 829. The van der Waals surface area contributed by atoms with Gasteiger partial charge in [-0.05, 0) is 30.7 Å². The molecule has 1 aliphatic heterocycles. The second-order valence-corrected chi connectivity index (χ2v) is 7.61. The average Bonchev–Trinajstić information content (AvgIpc) is 2.62. The van der Waals surface area contributed by atoms with Crippen molar-refractivity contribution in [2.45, 2.75) is 11.8 Å². The number of pyridine rings is 1. The Labute approximate surface area is 141 Å². The Morgan fingerprint density at radius 1 is 1.04 bits per heavy atom. The zero-order valence-corrected chi connectivity index (χ0v) is 14.2. The highest BCUT2D eigenvalue weighted by Gasteiger charge is 2.31. The Morgan fingerprint density at radius 3 is 2.38 bits per heavy atom. The summed E-state index contributed by atoms with van der Waals surface area (Å²) in [6.07, 6.45) is 3.14. The van der Waals surface area contributed by atoms with Crippen LogP contribution in [0.15, 0.2) is 53.7 Å². The zero-order chi connectivity index (χ0) is 17.2. The summed E-state index contributed by atoms with van der Waals surface area (Å²) in [5, 5.41) is 0. The number of piperazine rings is 1. The van der Waals surface area contributed by atoms with E-state index in [9.17, 15) is 13.2 Å². The molecule has 0 atom stereocenters. The van der Waals surface area contributed by atoms with Gasteiger partial charge in [0.2, 0.25) is 10.0 Å². The molecule has 2 aromatic rings. The fraction of sp³-hybridized carbons (Fsp3) is 0.294. The van der Waals surface area contributed by atoms with E-state index in [1.54, 1.807) is 48.4 Å². The number of nitrogens with zero attached hydrogens (tertiary/aromatic N) is 3. The molecule has 0 saturated carbocycles. The molecule has 0 aliphatic carbocycles. The number of hydrogen-bond donors (Lipinski definition) is 0. The van der Waals surface area contributed by atoms with Gasteiger partial charge in [0, 0.05) is 38.6 Å². The largest absolute Gasteiger partial charge is 0.336 e. The molecular weight excluding hydrogens is 326 g/mol. The second-order valence-electron chi connectivity index (χ2n) is 5.70. The van der Waals surface area contributed by atoms with Crippen molar-refractivity contribution in [2.24, 2.45) is 0 Å². The predicted molar refractivity (Wildman–Crippen MR) is 90.1 cm³/mol. The van der Waals surface area contributed by atoms with Gasteiger partial charge < -0.3 is 4.90 Å². The Balaban J connectivity index is 1.71. The maximum absolute atomic E-state index is 12.8. The van der Waals surface area contributed by atoms with E-state index >= 15 is 0 Å². The number of hydrogen-bond acceptors (Lipinski definition) is 4. The van der Waals surface area contributed by atoms with Crippen LogP contribution < -0.4 is 0 Å². The molecule has 1 saturated heterocycles. The van der Waals surface area contributed by atoms with Crippen LogP contribution in [0.4, 0.5) is 0 Å². The molecule has 0 N–H and O–H groups in total. The third-order valence-electron chi connectivity index (χ3n) is 4.15. The number of carbonyl (C=O) groups excluding carboxylic acids is 1. The number of amides is 1. The highest BCUT2D eigenvalue weighted by atomic mass is 32.2. The number of aromatic nitrogens is 1. The van der Waals surface area contributed by atoms with Crippen molar-refractivity contribution in [2.75, 3.05) is 26.2 Å². The summed E-state index contributed by atoms with van der Waals surface area (Å²) in [4.78, 5) is 18.3. The third-order valence-corrected chi connectivity index (χ3v) is 6.20. The summed E-state index contributed by atoms with van der Waals surface area (Å²) >= 11 is 0. The van der Waals surface area contributed by atoms with Gasteiger partial charge >= 0.3 is 0 Å². The smallest absolute Gasteiger partial charge is 0.255 e. The van der Waals surface area contributed by atoms with Gasteiger partial charge in [0.1, 0.15) is 0 Å². The van der Waals surface area contributed by atoms with Gasteiger partial charge in [-0.3, -0.25) is 9.78 Å². The van der Waals surface area contributed by atoms with E-state index in [1.807, 2.05) is 6.07 Å². The van der Waals surface area contributed by atoms with E-state index in [0.29, 0.717) is 36.6 Å². The van der Waals surface area contributed by atoms with Crippen molar-refractivity contribution >= 4 is 15.9 Å². The molecule has 7 heteroatoms. The quantitative estimate of drug-likeness (QED) is 0.846. The molecule has 0 radical (unpaired) electrons. The lowest BCUT2D eigenvalue weighted by molar-refractivity contribution is 0.0697. The van der Waals surface area contributed by atoms with Gasteiger partial charge in [-0.15, -0.1) is 0 Å². The average molecular weight is 345 g/mol. The summed E-state index contributed by atoms with van der Waals surface area (Å²) < 4.78 is 27.0. The molecule has 1 aromatic carbocycles. The van der Waals surface area contributed by atoms with Crippen molar-refractivity contribution in [1.82, 2.24) is 14.2 Å². The summed E-state index contributed by atoms with van der Waals surface area (Å²) in [5.74, 6) is -0.115. The lowest BCUT2D eigenvalue weighted by Crippen LogP contribution is -2.50. The molecule has 24 heavy (non-hydrogen) atoms. The second kappa shape index (κ2) is 6.70. The minimum Gasteiger partial charge on any atom is -0.336 e. The highest BCUT2D eigenvalue weighted by Crippen LogP contribution is 2.21. The number of benzene rings is 1. The minimum atomic E-state index is -3.52. The van der Waals surface area contributed by atoms with Crippen LogP contribution in [-0.4, -0.2) is 54.7 Å². The van der Waals surface area contributed by atoms with Crippen LogP contribution in [-0.2, 0) is 10.0 Å². The normalized spacial score (nSPS) is 16.1. The van der Waals surface area contributed by atoms with E-state index in [-0.39, 0.29) is 5.91 Å². The van der Waals surface area contributed by atoms with E-state index in [2.05, 4.69) is 4.98 Å². The van der Waals surface area contributed by atoms with E-state index in [0.717, 1.165) is 5.56 Å². The molecule has 6 nitrogen and oxygen atoms in total. The van der Waals surface area contributed by atoms with Crippen molar-refractivity contribution in [3.8, 4) is 0 Å². The van der Waals surface area contributed by atoms with Crippen LogP contribution in [0.1, 0.15) is 15.9 Å². The van der Waals surface area contributed by atoms with Gasteiger partial charge in [-0.1, -0.05) is 18.2 Å². The fourth-order valence-electron chi connectivity index (χ4n) is 2.79. The van der Waals surface area contributed by atoms with Gasteiger partial charge in [0.05, 0.1) is 10.5 Å². The summed E-state index contributed by atoms with van der Waals surface area (Å²) in [5.41, 5.74) is 1.25. The maximum atomic E-state index is 12.8. The summed E-state index contributed by atoms with van der Waals surface area (Å²) in [7, 11) is -3.52. The number of aryl methyl sites for hydroxylation is 1. The third kappa shape index (κ3) is 3.18. The molecule has 0 spiro atoms. The molecule has 0 bridgehead atoms. The van der Waals surface area contributed by atoms with Crippen molar-refractivity contribution in [3.63, 3.8) is 0 Å². The number of rotatable bonds is 3. The van der Waals surface area contributed by atoms with Crippen LogP contribution in [0.3, 0.4) is 0 Å². The van der Waals surface area contributed by atoms with E-state index in [4.69, 9.17) is 0 Å². The lowest BCUT2D eigenvalue weighted by atomic mass is 10.2. The number of carbonyl (C=O) groups is 1. The lowest BCUT2D eigenvalue weighted by Gasteiger charge is -2.34. The Hall–Kier alpha value is -2.25. The number of sulfonamides is 1. The minimum absolute atomic E-state index is 0.115. The first-order chi connectivity index (χ1) is 11.5. The molecule has 1 aliphatic rings. The van der Waals surface area contributed by atoms with Crippen LogP contribution >= 0.6 is 0 Å². The first-order valence-electron chi connectivity index (χ1n) is 7.75. The van der Waals surface area contributed by atoms with Crippen LogP contribution in [0.25, 0.3) is 0 Å². The molecule has 3 rings (SSSR count). The van der Waals surface area contributed by atoms with Crippen LogP contribution in [0.2, 0.25) is 0 Å². The van der Waals surface area contributed by atoms with Crippen molar-refractivity contribution in [1.29, 1.82) is 0 Å². The van der Waals surface area contributed by atoms with Gasteiger partial charge in [0.25, 0.3) is 5.91 Å². The fourth-order valence-corrected chi connectivity index (χ4v) is 4.44. The molecule has 2 heterocycles. The van der Waals surface area contributed by atoms with Crippen LogP contribution in [0, 0.1) is 6.92 Å². The van der Waals surface area contributed by atoms with Gasteiger partial charge in [0.15, 0.2) is 0 Å². The van der Waals surface area contributed by atoms with Crippen molar-refractivity contribution in [3.05, 3.63) is 59.9 Å². The summed E-state index contributed by atoms with van der Waals surface area (Å²) in [6.45, 7) is 3.12. The Morgan fingerprint density at radius 2 is 1.75 bits per heavy atom. The van der Waals surface area contributed by atoms with Crippen LogP contribution in [0.5, 0.6) is 0 Å². The topological polar surface area (TPSA) is 70.6 Å². The summed E-state index contributed by atoms with van der Waals surface area (Å²) in [6, 6.07) is 10.4. The first kappa shape index (κ1) is 16.6. The molecule has 1 amide bonds. The predicted octanol–water partition coefficient (Wildman–Crippen LogP) is 1.54. The van der Waals surface area contributed by atoms with Crippen molar-refractivity contribution < 1.29 is 13.2 Å². The standard InChI is InChI=1S/C17H19N3O3S/c1-14-5-2-3-7-16(14)24(22,23)20-11-9-19(10-12-20)17(21)15-6-4-8-18-13-15/h2-8,13H,9-12H2,1H3. The monoisotopic (exact) mass is 345 g/mol. The molecule has 1 fully saturated rings. The first-order valence-corrected chi connectivity index (χ1v) is 9.19. The molecule has 0 unspecified atom stereocenters. The van der Waals surface area contributed by atoms with E-state index < -0.39 is 10.0 Å². The highest BCUT2D eigenvalue weighted by molar-refractivity contribution is 7.89. The van der Waals surface area contributed by atoms with E-state index in [1.165, 1.54) is 10.5 Å². The Kier molecular flexibility index (Phi) is 4.64. The zero-order valence-electron chi connectivity index (χ0n) is 13.4.